The summed E-state index contributed by atoms with van der Waals surface area (Å²) < 4.78 is 10.3. The molecule has 2 aromatic rings. The summed E-state index contributed by atoms with van der Waals surface area (Å²) in [6.45, 7) is 2.71. The van der Waals surface area contributed by atoms with Gasteiger partial charge in [0.25, 0.3) is 0 Å². The van der Waals surface area contributed by atoms with Crippen LogP contribution in [0.15, 0.2) is 29.1 Å². The lowest BCUT2D eigenvalue weighted by atomic mass is 10.1. The minimum absolute atomic E-state index is 0.286. The van der Waals surface area contributed by atoms with Crippen LogP contribution in [0.5, 0.6) is 5.75 Å². The number of nitrogens with two attached hydrogens (primary N) is 1. The van der Waals surface area contributed by atoms with E-state index < -0.39 is 0 Å². The molecule has 1 aromatic heterocycles. The van der Waals surface area contributed by atoms with Crippen LogP contribution in [0.3, 0.4) is 0 Å². The summed E-state index contributed by atoms with van der Waals surface area (Å²) in [5.41, 5.74) is 7.66. The first-order valence-electron chi connectivity index (χ1n) is 4.98. The van der Waals surface area contributed by atoms with Gasteiger partial charge >= 0.3 is 0 Å². The minimum atomic E-state index is 0.286. The van der Waals surface area contributed by atoms with E-state index in [4.69, 9.17) is 10.5 Å². The van der Waals surface area contributed by atoms with Gasteiger partial charge in [0, 0.05) is 12.1 Å². The fraction of sp³-hybridized carbons (Fsp3) is 0.273. The van der Waals surface area contributed by atoms with Gasteiger partial charge in [0.2, 0.25) is 12.2 Å². The predicted octanol–water partition coefficient (Wildman–Crippen LogP) is 1.42. The molecular formula is C11H13N3O2. The Morgan fingerprint density at radius 3 is 3.00 bits per heavy atom. The summed E-state index contributed by atoms with van der Waals surface area (Å²) in [6.07, 6.45) is 1.28. The van der Waals surface area contributed by atoms with Crippen LogP contribution in [0, 0.1) is 6.92 Å². The molecule has 5 heteroatoms. The number of hydrogen-bond donors (Lipinski definition) is 1. The van der Waals surface area contributed by atoms with E-state index in [9.17, 15) is 0 Å². The average molecular weight is 219 g/mol. The monoisotopic (exact) mass is 219 g/mol. The van der Waals surface area contributed by atoms with Crippen molar-refractivity contribution in [2.45, 2.75) is 20.1 Å². The van der Waals surface area contributed by atoms with Gasteiger partial charge in [-0.3, -0.25) is 0 Å². The van der Waals surface area contributed by atoms with Crippen molar-refractivity contribution >= 4 is 0 Å². The van der Waals surface area contributed by atoms with Gasteiger partial charge in [-0.25, -0.2) is 0 Å². The first kappa shape index (κ1) is 10.6. The molecule has 0 aliphatic heterocycles. The summed E-state index contributed by atoms with van der Waals surface area (Å²) in [7, 11) is 0. The Labute approximate surface area is 93.2 Å². The molecule has 0 amide bonds. The van der Waals surface area contributed by atoms with E-state index in [0.717, 1.165) is 16.9 Å². The molecule has 0 fully saturated rings. The standard InChI is InChI=1S/C11H13N3O2/c1-8-3-2-4-9(5-12)11(8)15-6-10-13-7-16-14-10/h2-4,7H,5-6,12H2,1H3. The van der Waals surface area contributed by atoms with Crippen LogP contribution in [0.2, 0.25) is 0 Å². The van der Waals surface area contributed by atoms with Gasteiger partial charge in [-0.2, -0.15) is 4.98 Å². The van der Waals surface area contributed by atoms with Gasteiger partial charge < -0.3 is 15.0 Å². The van der Waals surface area contributed by atoms with Crippen LogP contribution < -0.4 is 10.5 Å². The second kappa shape index (κ2) is 4.76. The maximum atomic E-state index is 5.64. The highest BCUT2D eigenvalue weighted by molar-refractivity contribution is 5.40. The number of benzene rings is 1. The molecule has 1 heterocycles. The molecule has 1 aromatic carbocycles. The van der Waals surface area contributed by atoms with Crippen molar-refractivity contribution in [3.63, 3.8) is 0 Å². The van der Waals surface area contributed by atoms with Crippen LogP contribution in [-0.4, -0.2) is 10.1 Å². The zero-order chi connectivity index (χ0) is 11.4. The summed E-state index contributed by atoms with van der Waals surface area (Å²) >= 11 is 0. The summed E-state index contributed by atoms with van der Waals surface area (Å²) in [4.78, 5) is 3.88. The summed E-state index contributed by atoms with van der Waals surface area (Å²) in [5, 5.41) is 3.67. The van der Waals surface area contributed by atoms with Gasteiger partial charge in [0.15, 0.2) is 6.61 Å². The molecule has 5 nitrogen and oxygen atoms in total. The highest BCUT2D eigenvalue weighted by Gasteiger charge is 2.07. The SMILES string of the molecule is Cc1cccc(CN)c1OCc1ncon1. The molecule has 0 atom stereocenters. The highest BCUT2D eigenvalue weighted by atomic mass is 16.5. The molecular weight excluding hydrogens is 206 g/mol. The van der Waals surface area contributed by atoms with Crippen LogP contribution in [0.25, 0.3) is 0 Å². The van der Waals surface area contributed by atoms with E-state index in [1.165, 1.54) is 6.39 Å². The number of aryl methyl sites for hydroxylation is 1. The van der Waals surface area contributed by atoms with E-state index in [1.807, 2.05) is 25.1 Å². The number of hydrogen-bond acceptors (Lipinski definition) is 5. The van der Waals surface area contributed by atoms with Crippen molar-refractivity contribution in [3.05, 3.63) is 41.5 Å². The van der Waals surface area contributed by atoms with E-state index in [0.29, 0.717) is 12.4 Å². The fourth-order valence-electron chi connectivity index (χ4n) is 1.47. The lowest BCUT2D eigenvalue weighted by Gasteiger charge is -2.11. The van der Waals surface area contributed by atoms with E-state index >= 15 is 0 Å². The molecule has 2 N–H and O–H groups in total. The minimum Gasteiger partial charge on any atom is -0.485 e. The van der Waals surface area contributed by atoms with Gasteiger partial charge in [-0.15, -0.1) is 0 Å². The largest absolute Gasteiger partial charge is 0.485 e. The van der Waals surface area contributed by atoms with Crippen molar-refractivity contribution in [1.82, 2.24) is 10.1 Å². The number of nitrogens with zero attached hydrogens (tertiary/aromatic N) is 2. The molecule has 0 aliphatic carbocycles. The molecule has 0 saturated heterocycles. The van der Waals surface area contributed by atoms with Crippen LogP contribution in [0.4, 0.5) is 0 Å². The van der Waals surface area contributed by atoms with Gasteiger partial charge in [0.05, 0.1) is 0 Å². The molecule has 84 valence electrons. The average Bonchev–Trinajstić information content (AvgIpc) is 2.80. The van der Waals surface area contributed by atoms with Crippen LogP contribution in [0.1, 0.15) is 17.0 Å². The Balaban J connectivity index is 2.14. The lowest BCUT2D eigenvalue weighted by molar-refractivity contribution is 0.282. The zero-order valence-corrected chi connectivity index (χ0v) is 9.01. The van der Waals surface area contributed by atoms with Crippen LogP contribution in [-0.2, 0) is 13.2 Å². The Bertz CT molecular complexity index is 454. The first-order valence-corrected chi connectivity index (χ1v) is 4.98. The molecule has 0 unspecified atom stereocenters. The third kappa shape index (κ3) is 2.20. The second-order valence-corrected chi connectivity index (χ2v) is 3.40. The van der Waals surface area contributed by atoms with Crippen molar-refractivity contribution in [1.29, 1.82) is 0 Å². The third-order valence-corrected chi connectivity index (χ3v) is 2.27. The van der Waals surface area contributed by atoms with Crippen molar-refractivity contribution in [3.8, 4) is 5.75 Å². The van der Waals surface area contributed by atoms with Gasteiger partial charge in [0.1, 0.15) is 5.75 Å². The first-order chi connectivity index (χ1) is 7.81. The molecule has 2 rings (SSSR count). The fourth-order valence-corrected chi connectivity index (χ4v) is 1.47. The number of rotatable bonds is 4. The lowest BCUT2D eigenvalue weighted by Crippen LogP contribution is -2.05. The van der Waals surface area contributed by atoms with E-state index in [2.05, 4.69) is 14.7 Å². The zero-order valence-electron chi connectivity index (χ0n) is 9.01. The Morgan fingerprint density at radius 2 is 2.31 bits per heavy atom. The summed E-state index contributed by atoms with van der Waals surface area (Å²) in [6, 6.07) is 5.88. The van der Waals surface area contributed by atoms with E-state index in [1.54, 1.807) is 0 Å². The van der Waals surface area contributed by atoms with Crippen LogP contribution >= 0.6 is 0 Å². The normalized spacial score (nSPS) is 10.4. The molecule has 0 spiro atoms. The maximum absolute atomic E-state index is 5.64. The Kier molecular flexibility index (Phi) is 3.16. The smallest absolute Gasteiger partial charge is 0.213 e. The maximum Gasteiger partial charge on any atom is 0.213 e. The van der Waals surface area contributed by atoms with Crippen molar-refractivity contribution in [2.75, 3.05) is 0 Å². The summed E-state index contributed by atoms with van der Waals surface area (Å²) in [5.74, 6) is 1.32. The molecule has 16 heavy (non-hydrogen) atoms. The third-order valence-electron chi connectivity index (χ3n) is 2.27. The topological polar surface area (TPSA) is 74.2 Å². The van der Waals surface area contributed by atoms with Crippen molar-refractivity contribution < 1.29 is 9.26 Å². The number of para-hydroxylation sites is 1. The predicted molar refractivity (Wildman–Crippen MR) is 57.7 cm³/mol. The Hall–Kier alpha value is -1.88. The highest BCUT2D eigenvalue weighted by Crippen LogP contribution is 2.23. The van der Waals surface area contributed by atoms with E-state index in [-0.39, 0.29) is 6.61 Å². The number of aromatic nitrogens is 2. The van der Waals surface area contributed by atoms with Crippen molar-refractivity contribution in [2.24, 2.45) is 5.73 Å². The second-order valence-electron chi connectivity index (χ2n) is 3.40. The molecule has 0 radical (unpaired) electrons. The molecule has 0 aliphatic rings. The number of ether oxygens (including phenoxy) is 1. The quantitative estimate of drug-likeness (QED) is 0.841. The van der Waals surface area contributed by atoms with Gasteiger partial charge in [-0.1, -0.05) is 23.4 Å². The van der Waals surface area contributed by atoms with Gasteiger partial charge in [-0.05, 0) is 12.5 Å². The molecule has 0 saturated carbocycles. The Morgan fingerprint density at radius 1 is 1.44 bits per heavy atom. The molecule has 0 bridgehead atoms.